The molecule has 4 nitrogen and oxygen atoms in total. The van der Waals surface area contributed by atoms with Crippen molar-refractivity contribution in [2.75, 3.05) is 13.7 Å². The largest absolute Gasteiger partial charge is 0.497 e. The number of hydrogen-bond donors (Lipinski definition) is 2. The Bertz CT molecular complexity index is 726. The van der Waals surface area contributed by atoms with Gasteiger partial charge < -0.3 is 15.2 Å². The average molecular weight is 346 g/mol. The first kappa shape index (κ1) is 16.8. The van der Waals surface area contributed by atoms with E-state index in [4.69, 9.17) is 16.3 Å². The molecule has 1 saturated carbocycles. The standard InChI is InChI=1S/C19H20ClNO3/c1-24-16-7-5-13(6-8-16)17(22)12-21-18(23)19(9-10-19)14-3-2-4-15(20)11-14/h2-8,11,17,22H,9-10,12H2,1H3,(H,21,23)/t17-/m1/s1. The van der Waals surface area contributed by atoms with Gasteiger partial charge in [-0.2, -0.15) is 0 Å². The summed E-state index contributed by atoms with van der Waals surface area (Å²) in [5.74, 6) is 0.671. The fourth-order valence-corrected chi connectivity index (χ4v) is 3.05. The van der Waals surface area contributed by atoms with Crippen LogP contribution in [0.1, 0.15) is 30.1 Å². The second-order valence-electron chi connectivity index (χ2n) is 6.09. The van der Waals surface area contributed by atoms with Crippen LogP contribution in [0.5, 0.6) is 5.75 Å². The summed E-state index contributed by atoms with van der Waals surface area (Å²) in [4.78, 5) is 12.6. The van der Waals surface area contributed by atoms with Gasteiger partial charge in [-0.3, -0.25) is 4.79 Å². The van der Waals surface area contributed by atoms with Gasteiger partial charge in [0.1, 0.15) is 5.75 Å². The van der Waals surface area contributed by atoms with Gasteiger partial charge in [0.2, 0.25) is 5.91 Å². The summed E-state index contributed by atoms with van der Waals surface area (Å²) in [5, 5.41) is 13.8. The summed E-state index contributed by atoms with van der Waals surface area (Å²) in [6, 6.07) is 14.6. The Balaban J connectivity index is 1.62. The van der Waals surface area contributed by atoms with Crippen molar-refractivity contribution in [2.45, 2.75) is 24.4 Å². The van der Waals surface area contributed by atoms with Crippen LogP contribution in [0.4, 0.5) is 0 Å². The van der Waals surface area contributed by atoms with Crippen molar-refractivity contribution >= 4 is 17.5 Å². The number of benzene rings is 2. The van der Waals surface area contributed by atoms with Crippen LogP contribution in [0.2, 0.25) is 5.02 Å². The first-order chi connectivity index (χ1) is 11.5. The van der Waals surface area contributed by atoms with Crippen molar-refractivity contribution in [2.24, 2.45) is 0 Å². The summed E-state index contributed by atoms with van der Waals surface area (Å²) in [5.41, 5.74) is 1.18. The summed E-state index contributed by atoms with van der Waals surface area (Å²) < 4.78 is 5.10. The third-order valence-electron chi connectivity index (χ3n) is 4.52. The van der Waals surface area contributed by atoms with Crippen molar-refractivity contribution < 1.29 is 14.6 Å². The molecular weight excluding hydrogens is 326 g/mol. The van der Waals surface area contributed by atoms with E-state index in [9.17, 15) is 9.90 Å². The van der Waals surface area contributed by atoms with Gasteiger partial charge in [-0.25, -0.2) is 0 Å². The van der Waals surface area contributed by atoms with E-state index in [1.165, 1.54) is 0 Å². The zero-order valence-electron chi connectivity index (χ0n) is 13.5. The van der Waals surface area contributed by atoms with E-state index in [1.54, 1.807) is 37.4 Å². The van der Waals surface area contributed by atoms with Gasteiger partial charge in [-0.1, -0.05) is 35.9 Å². The molecule has 0 radical (unpaired) electrons. The molecule has 2 aromatic carbocycles. The number of ether oxygens (including phenoxy) is 1. The van der Waals surface area contributed by atoms with Crippen molar-refractivity contribution in [1.82, 2.24) is 5.32 Å². The molecule has 5 heteroatoms. The molecule has 0 unspecified atom stereocenters. The predicted octanol–water partition coefficient (Wildman–Crippen LogP) is 3.23. The highest BCUT2D eigenvalue weighted by Gasteiger charge is 2.51. The van der Waals surface area contributed by atoms with Crippen LogP contribution in [0.25, 0.3) is 0 Å². The third kappa shape index (κ3) is 3.40. The zero-order chi connectivity index (χ0) is 17.2. The number of carbonyl (C=O) groups is 1. The number of rotatable bonds is 6. The van der Waals surface area contributed by atoms with Gasteiger partial charge in [0.05, 0.1) is 18.6 Å². The maximum absolute atomic E-state index is 12.6. The predicted molar refractivity (Wildman–Crippen MR) is 93.3 cm³/mol. The number of carbonyl (C=O) groups excluding carboxylic acids is 1. The van der Waals surface area contributed by atoms with Crippen molar-refractivity contribution in [3.05, 3.63) is 64.7 Å². The number of amides is 1. The van der Waals surface area contributed by atoms with Crippen molar-refractivity contribution in [1.29, 1.82) is 0 Å². The Kier molecular flexibility index (Phi) is 4.78. The van der Waals surface area contributed by atoms with Crippen LogP contribution in [0.15, 0.2) is 48.5 Å². The van der Waals surface area contributed by atoms with E-state index in [0.717, 1.165) is 29.7 Å². The van der Waals surface area contributed by atoms with Crippen LogP contribution >= 0.6 is 11.6 Å². The Hall–Kier alpha value is -2.04. The molecule has 1 amide bonds. The highest BCUT2D eigenvalue weighted by atomic mass is 35.5. The quantitative estimate of drug-likeness (QED) is 0.845. The van der Waals surface area contributed by atoms with Gasteiger partial charge in [0.25, 0.3) is 0 Å². The van der Waals surface area contributed by atoms with Gasteiger partial charge in [0.15, 0.2) is 0 Å². The SMILES string of the molecule is COc1ccc([C@H](O)CNC(=O)C2(c3cccc(Cl)c3)CC2)cc1. The third-order valence-corrected chi connectivity index (χ3v) is 4.75. The number of aliphatic hydroxyl groups is 1. The van der Waals surface area contributed by atoms with Gasteiger partial charge >= 0.3 is 0 Å². The Morgan fingerprint density at radius 1 is 1.29 bits per heavy atom. The lowest BCUT2D eigenvalue weighted by molar-refractivity contribution is -0.124. The molecule has 0 heterocycles. The molecule has 1 fully saturated rings. The zero-order valence-corrected chi connectivity index (χ0v) is 14.2. The first-order valence-electron chi connectivity index (χ1n) is 7.91. The lowest BCUT2D eigenvalue weighted by atomic mass is 9.95. The molecule has 0 bridgehead atoms. The molecule has 0 spiro atoms. The lowest BCUT2D eigenvalue weighted by Gasteiger charge is -2.18. The molecule has 0 aromatic heterocycles. The fraction of sp³-hybridized carbons (Fsp3) is 0.316. The molecular formula is C19H20ClNO3. The molecule has 1 atom stereocenters. The van der Waals surface area contributed by atoms with E-state index < -0.39 is 11.5 Å². The number of aliphatic hydroxyl groups excluding tert-OH is 1. The molecule has 1 aliphatic carbocycles. The Labute approximate surface area is 146 Å². The summed E-state index contributed by atoms with van der Waals surface area (Å²) in [6.07, 6.45) is 0.852. The monoisotopic (exact) mass is 345 g/mol. The van der Waals surface area contributed by atoms with E-state index >= 15 is 0 Å². The van der Waals surface area contributed by atoms with Crippen molar-refractivity contribution in [3.63, 3.8) is 0 Å². The number of hydrogen-bond acceptors (Lipinski definition) is 3. The van der Waals surface area contributed by atoms with Crippen LogP contribution in [-0.4, -0.2) is 24.7 Å². The van der Waals surface area contributed by atoms with E-state index in [-0.39, 0.29) is 12.5 Å². The molecule has 126 valence electrons. The summed E-state index contributed by atoms with van der Waals surface area (Å²) in [7, 11) is 1.59. The normalized spacial score (nSPS) is 16.3. The second kappa shape index (κ2) is 6.83. The second-order valence-corrected chi connectivity index (χ2v) is 6.53. The smallest absolute Gasteiger partial charge is 0.230 e. The minimum absolute atomic E-state index is 0.0580. The van der Waals surface area contributed by atoms with E-state index in [1.807, 2.05) is 18.2 Å². The Morgan fingerprint density at radius 3 is 2.58 bits per heavy atom. The first-order valence-corrected chi connectivity index (χ1v) is 8.29. The molecule has 24 heavy (non-hydrogen) atoms. The van der Waals surface area contributed by atoms with Crippen LogP contribution < -0.4 is 10.1 Å². The number of methoxy groups -OCH3 is 1. The number of halogens is 1. The molecule has 2 aromatic rings. The van der Waals surface area contributed by atoms with Gasteiger partial charge in [-0.05, 0) is 48.2 Å². The number of nitrogens with one attached hydrogen (secondary N) is 1. The molecule has 1 aliphatic rings. The van der Waals surface area contributed by atoms with Gasteiger partial charge in [0, 0.05) is 11.6 Å². The van der Waals surface area contributed by atoms with Crippen LogP contribution in [-0.2, 0) is 10.2 Å². The summed E-state index contributed by atoms with van der Waals surface area (Å²) in [6.45, 7) is 0.174. The minimum atomic E-state index is -0.755. The highest BCUT2D eigenvalue weighted by molar-refractivity contribution is 6.30. The van der Waals surface area contributed by atoms with E-state index in [0.29, 0.717) is 5.02 Å². The van der Waals surface area contributed by atoms with Crippen molar-refractivity contribution in [3.8, 4) is 5.75 Å². The fourth-order valence-electron chi connectivity index (χ4n) is 2.86. The summed E-state index contributed by atoms with van der Waals surface area (Å²) >= 11 is 6.03. The molecule has 3 rings (SSSR count). The maximum atomic E-state index is 12.6. The molecule has 2 N–H and O–H groups in total. The Morgan fingerprint density at radius 2 is 2.00 bits per heavy atom. The lowest BCUT2D eigenvalue weighted by Crippen LogP contribution is -2.37. The van der Waals surface area contributed by atoms with E-state index in [2.05, 4.69) is 5.32 Å². The highest BCUT2D eigenvalue weighted by Crippen LogP contribution is 2.48. The van der Waals surface area contributed by atoms with Crippen LogP contribution in [0, 0.1) is 0 Å². The van der Waals surface area contributed by atoms with Gasteiger partial charge in [-0.15, -0.1) is 0 Å². The average Bonchev–Trinajstić information content (AvgIpc) is 3.41. The maximum Gasteiger partial charge on any atom is 0.230 e. The topological polar surface area (TPSA) is 58.6 Å². The molecule has 0 aliphatic heterocycles. The molecule has 0 saturated heterocycles. The van der Waals surface area contributed by atoms with Crippen LogP contribution in [0.3, 0.4) is 0 Å². The minimum Gasteiger partial charge on any atom is -0.497 e.